The topological polar surface area (TPSA) is 60.2 Å². The highest BCUT2D eigenvalue weighted by molar-refractivity contribution is 4.96. The molecule has 5 nitrogen and oxygen atoms in total. The zero-order chi connectivity index (χ0) is 14.5. The van der Waals surface area contributed by atoms with Crippen molar-refractivity contribution in [2.75, 3.05) is 13.2 Å². The third-order valence-corrected chi connectivity index (χ3v) is 2.73. The lowest BCUT2D eigenvalue weighted by atomic mass is 9.88. The molecule has 1 unspecified atom stereocenters. The Balaban J connectivity index is 2.65. The van der Waals surface area contributed by atoms with E-state index in [0.29, 0.717) is 24.4 Å². The number of rotatable bonds is 7. The van der Waals surface area contributed by atoms with Gasteiger partial charge < -0.3 is 14.6 Å². The Kier molecular flexibility index (Phi) is 5.94. The van der Waals surface area contributed by atoms with Crippen molar-refractivity contribution >= 4 is 0 Å². The summed E-state index contributed by atoms with van der Waals surface area (Å²) in [5.41, 5.74) is -0.0483. The van der Waals surface area contributed by atoms with Crippen LogP contribution in [0.1, 0.15) is 59.4 Å². The van der Waals surface area contributed by atoms with Gasteiger partial charge in [0, 0.05) is 25.6 Å². The Morgan fingerprint density at radius 1 is 1.32 bits per heavy atom. The Morgan fingerprint density at radius 3 is 2.53 bits per heavy atom. The molecule has 0 saturated carbocycles. The quantitative estimate of drug-likeness (QED) is 0.824. The standard InChI is InChI=1S/C14H27N3O2/c1-7-18-12(14(4,5)6)13-16-11(19-17-13)8-9-15-10(2)3/h10,12,15H,7-9H2,1-6H3. The molecule has 1 N–H and O–H groups in total. The highest BCUT2D eigenvalue weighted by Gasteiger charge is 2.31. The normalized spacial score (nSPS) is 14.1. The summed E-state index contributed by atoms with van der Waals surface area (Å²) in [7, 11) is 0. The fourth-order valence-electron chi connectivity index (χ4n) is 1.82. The molecule has 0 aromatic carbocycles. The summed E-state index contributed by atoms with van der Waals surface area (Å²) in [6.07, 6.45) is 0.613. The average Bonchev–Trinajstić information content (AvgIpc) is 2.72. The lowest BCUT2D eigenvalue weighted by Crippen LogP contribution is -2.25. The molecule has 0 aliphatic carbocycles. The van der Waals surface area contributed by atoms with Gasteiger partial charge in [0.1, 0.15) is 6.10 Å². The summed E-state index contributed by atoms with van der Waals surface area (Å²) in [5.74, 6) is 1.31. The van der Waals surface area contributed by atoms with E-state index in [9.17, 15) is 0 Å². The van der Waals surface area contributed by atoms with Gasteiger partial charge in [-0.3, -0.25) is 0 Å². The van der Waals surface area contributed by atoms with Gasteiger partial charge in [0.25, 0.3) is 0 Å². The van der Waals surface area contributed by atoms with Gasteiger partial charge in [0.15, 0.2) is 0 Å². The Labute approximate surface area is 116 Å². The molecule has 19 heavy (non-hydrogen) atoms. The summed E-state index contributed by atoms with van der Waals surface area (Å²) in [6, 6.07) is 0.466. The first-order valence-corrected chi connectivity index (χ1v) is 7.02. The van der Waals surface area contributed by atoms with Crippen LogP contribution in [0, 0.1) is 5.41 Å². The van der Waals surface area contributed by atoms with Crippen molar-refractivity contribution in [3.8, 4) is 0 Å². The van der Waals surface area contributed by atoms with E-state index in [2.05, 4.69) is 50.1 Å². The molecule has 5 heteroatoms. The van der Waals surface area contributed by atoms with Crippen LogP contribution in [0.4, 0.5) is 0 Å². The zero-order valence-corrected chi connectivity index (χ0v) is 13.0. The number of ether oxygens (including phenoxy) is 1. The first-order chi connectivity index (χ1) is 8.84. The van der Waals surface area contributed by atoms with Crippen molar-refractivity contribution in [3.05, 3.63) is 11.7 Å². The molecule has 0 radical (unpaired) electrons. The third-order valence-electron chi connectivity index (χ3n) is 2.73. The van der Waals surface area contributed by atoms with Gasteiger partial charge in [-0.2, -0.15) is 4.98 Å². The minimum atomic E-state index is -0.131. The van der Waals surface area contributed by atoms with Crippen LogP contribution in [0.3, 0.4) is 0 Å². The molecule has 1 atom stereocenters. The van der Waals surface area contributed by atoms with Crippen LogP contribution in [0.15, 0.2) is 4.52 Å². The maximum absolute atomic E-state index is 5.75. The van der Waals surface area contributed by atoms with Crippen LogP contribution in [0.2, 0.25) is 0 Å². The van der Waals surface area contributed by atoms with Gasteiger partial charge in [-0.05, 0) is 12.3 Å². The first kappa shape index (κ1) is 16.1. The molecule has 0 bridgehead atoms. The highest BCUT2D eigenvalue weighted by atomic mass is 16.5. The first-order valence-electron chi connectivity index (χ1n) is 7.02. The van der Waals surface area contributed by atoms with E-state index in [1.54, 1.807) is 0 Å². The summed E-state index contributed by atoms with van der Waals surface area (Å²) in [4.78, 5) is 4.45. The van der Waals surface area contributed by atoms with Crippen LogP contribution >= 0.6 is 0 Å². The van der Waals surface area contributed by atoms with Gasteiger partial charge in [-0.25, -0.2) is 0 Å². The van der Waals surface area contributed by atoms with E-state index in [4.69, 9.17) is 9.26 Å². The van der Waals surface area contributed by atoms with Crippen molar-refractivity contribution in [2.24, 2.45) is 5.41 Å². The Morgan fingerprint density at radius 2 is 2.00 bits per heavy atom. The second-order valence-electron chi connectivity index (χ2n) is 6.11. The Hall–Kier alpha value is -0.940. The number of aromatic nitrogens is 2. The largest absolute Gasteiger partial charge is 0.370 e. The smallest absolute Gasteiger partial charge is 0.228 e. The number of nitrogens with zero attached hydrogens (tertiary/aromatic N) is 2. The van der Waals surface area contributed by atoms with Gasteiger partial charge in [-0.1, -0.05) is 39.8 Å². The van der Waals surface area contributed by atoms with Crippen molar-refractivity contribution < 1.29 is 9.26 Å². The fraction of sp³-hybridized carbons (Fsp3) is 0.857. The molecular weight excluding hydrogens is 242 g/mol. The summed E-state index contributed by atoms with van der Waals surface area (Å²) < 4.78 is 11.0. The van der Waals surface area contributed by atoms with Crippen molar-refractivity contribution in [3.63, 3.8) is 0 Å². The van der Waals surface area contributed by atoms with Crippen LogP contribution < -0.4 is 5.32 Å². The van der Waals surface area contributed by atoms with Gasteiger partial charge >= 0.3 is 0 Å². The predicted molar refractivity (Wildman–Crippen MR) is 75.0 cm³/mol. The SMILES string of the molecule is CCOC(c1noc(CCNC(C)C)n1)C(C)(C)C. The van der Waals surface area contributed by atoms with Gasteiger partial charge in [0.05, 0.1) is 0 Å². The minimum absolute atomic E-state index is 0.0483. The lowest BCUT2D eigenvalue weighted by Gasteiger charge is -2.27. The van der Waals surface area contributed by atoms with Crippen LogP contribution in [0.5, 0.6) is 0 Å². The summed E-state index contributed by atoms with van der Waals surface area (Å²) in [6.45, 7) is 14.0. The third kappa shape index (κ3) is 5.28. The monoisotopic (exact) mass is 269 g/mol. The van der Waals surface area contributed by atoms with Crippen molar-refractivity contribution in [1.82, 2.24) is 15.5 Å². The molecule has 0 aliphatic rings. The maximum atomic E-state index is 5.75. The molecule has 0 aliphatic heterocycles. The fourth-order valence-corrected chi connectivity index (χ4v) is 1.82. The van der Waals surface area contributed by atoms with E-state index in [1.165, 1.54) is 0 Å². The molecule has 1 aromatic rings. The summed E-state index contributed by atoms with van der Waals surface area (Å²) >= 11 is 0. The van der Waals surface area contributed by atoms with Crippen molar-refractivity contribution in [2.45, 2.75) is 60.1 Å². The molecule has 0 fully saturated rings. The van der Waals surface area contributed by atoms with E-state index in [1.807, 2.05) is 6.92 Å². The van der Waals surface area contributed by atoms with E-state index in [-0.39, 0.29) is 11.5 Å². The average molecular weight is 269 g/mol. The molecule has 0 saturated heterocycles. The van der Waals surface area contributed by atoms with E-state index < -0.39 is 0 Å². The van der Waals surface area contributed by atoms with Crippen LogP contribution in [-0.4, -0.2) is 29.3 Å². The second-order valence-corrected chi connectivity index (χ2v) is 6.11. The Bertz CT molecular complexity index is 369. The van der Waals surface area contributed by atoms with Crippen LogP contribution in [-0.2, 0) is 11.2 Å². The summed E-state index contributed by atoms with van der Waals surface area (Å²) in [5, 5.41) is 7.39. The molecule has 0 amide bonds. The number of hydrogen-bond donors (Lipinski definition) is 1. The number of hydrogen-bond acceptors (Lipinski definition) is 5. The molecule has 0 spiro atoms. The molecule has 1 rings (SSSR count). The maximum Gasteiger partial charge on any atom is 0.228 e. The molecule has 1 heterocycles. The highest BCUT2D eigenvalue weighted by Crippen LogP contribution is 2.34. The minimum Gasteiger partial charge on any atom is -0.370 e. The van der Waals surface area contributed by atoms with E-state index in [0.717, 1.165) is 13.0 Å². The predicted octanol–water partition coefficient (Wildman–Crippen LogP) is 2.73. The molecule has 110 valence electrons. The van der Waals surface area contributed by atoms with E-state index >= 15 is 0 Å². The van der Waals surface area contributed by atoms with Gasteiger partial charge in [-0.15, -0.1) is 0 Å². The number of nitrogens with one attached hydrogen (secondary N) is 1. The molecule has 1 aromatic heterocycles. The van der Waals surface area contributed by atoms with Crippen molar-refractivity contribution in [1.29, 1.82) is 0 Å². The second kappa shape index (κ2) is 7.01. The zero-order valence-electron chi connectivity index (χ0n) is 13.0. The molecular formula is C14H27N3O2. The van der Waals surface area contributed by atoms with Crippen LogP contribution in [0.25, 0.3) is 0 Å². The van der Waals surface area contributed by atoms with Gasteiger partial charge in [0.2, 0.25) is 11.7 Å². The lowest BCUT2D eigenvalue weighted by molar-refractivity contribution is -0.0203.